The summed E-state index contributed by atoms with van der Waals surface area (Å²) < 4.78 is 12.9. The van der Waals surface area contributed by atoms with E-state index in [0.29, 0.717) is 5.92 Å². The van der Waals surface area contributed by atoms with Crippen LogP contribution in [0.5, 0.6) is 0 Å². The summed E-state index contributed by atoms with van der Waals surface area (Å²) in [5.41, 5.74) is 0.874. The van der Waals surface area contributed by atoms with Crippen molar-refractivity contribution in [1.29, 1.82) is 0 Å². The number of allylic oxidation sites excluding steroid dienone is 2. The number of rotatable bonds is 4. The Hall–Kier alpha value is -1.55. The maximum Gasteiger partial charge on any atom is 0.123 e. The van der Waals surface area contributed by atoms with Gasteiger partial charge in [-0.2, -0.15) is 0 Å². The van der Waals surface area contributed by atoms with Crippen molar-refractivity contribution in [2.45, 2.75) is 71.1 Å². The van der Waals surface area contributed by atoms with Crippen LogP contribution in [0, 0.1) is 41.3 Å². The summed E-state index contributed by atoms with van der Waals surface area (Å²) in [6, 6.07) is 6.39. The Morgan fingerprint density at radius 3 is 2.15 bits per heavy atom. The van der Waals surface area contributed by atoms with Crippen molar-refractivity contribution in [3.8, 4) is 11.8 Å². The van der Waals surface area contributed by atoms with Gasteiger partial charge in [0.25, 0.3) is 0 Å². The van der Waals surface area contributed by atoms with Gasteiger partial charge in [0, 0.05) is 5.56 Å². The zero-order valence-electron chi connectivity index (χ0n) is 16.2. The summed E-state index contributed by atoms with van der Waals surface area (Å²) in [4.78, 5) is 0. The van der Waals surface area contributed by atoms with Crippen molar-refractivity contribution in [3.63, 3.8) is 0 Å². The first-order chi connectivity index (χ1) is 12.7. The van der Waals surface area contributed by atoms with Gasteiger partial charge >= 0.3 is 0 Å². The molecule has 0 aliphatic heterocycles. The van der Waals surface area contributed by atoms with Crippen molar-refractivity contribution < 1.29 is 4.39 Å². The predicted octanol–water partition coefficient (Wildman–Crippen LogP) is 7.15. The Morgan fingerprint density at radius 2 is 1.54 bits per heavy atom. The van der Waals surface area contributed by atoms with Gasteiger partial charge in [-0.15, -0.1) is 0 Å². The first-order valence-electron chi connectivity index (χ1n) is 10.7. The molecule has 0 radical (unpaired) electrons. The number of hydrogen-bond acceptors (Lipinski definition) is 0. The van der Waals surface area contributed by atoms with E-state index in [4.69, 9.17) is 0 Å². The second-order valence-electron chi connectivity index (χ2n) is 8.38. The van der Waals surface area contributed by atoms with E-state index in [1.165, 1.54) is 76.3 Å². The van der Waals surface area contributed by atoms with Crippen molar-refractivity contribution in [1.82, 2.24) is 0 Å². The summed E-state index contributed by atoms with van der Waals surface area (Å²) in [5, 5.41) is 0. The highest BCUT2D eigenvalue weighted by molar-refractivity contribution is 5.36. The monoisotopic (exact) mass is 352 g/mol. The molecule has 0 N–H and O–H groups in total. The molecule has 0 atom stereocenters. The highest BCUT2D eigenvalue weighted by atomic mass is 19.1. The van der Waals surface area contributed by atoms with Crippen LogP contribution in [0.3, 0.4) is 0 Å². The van der Waals surface area contributed by atoms with Gasteiger partial charge in [-0.25, -0.2) is 4.39 Å². The molecule has 1 heteroatoms. The lowest BCUT2D eigenvalue weighted by molar-refractivity contribution is 0.152. The number of halogens is 1. The van der Waals surface area contributed by atoms with Gasteiger partial charge in [0.05, 0.1) is 0 Å². The van der Waals surface area contributed by atoms with Gasteiger partial charge in [-0.3, -0.25) is 0 Å². The molecule has 2 aliphatic carbocycles. The fourth-order valence-electron chi connectivity index (χ4n) is 5.01. The highest BCUT2D eigenvalue weighted by Crippen LogP contribution is 2.42. The van der Waals surface area contributed by atoms with Crippen molar-refractivity contribution in [2.24, 2.45) is 23.7 Å². The molecule has 0 aromatic heterocycles. The molecule has 2 fully saturated rings. The lowest BCUT2D eigenvalue weighted by Gasteiger charge is -2.37. The second-order valence-corrected chi connectivity index (χ2v) is 8.38. The average Bonchev–Trinajstić information content (AvgIpc) is 2.68. The van der Waals surface area contributed by atoms with Gasteiger partial charge in [0.15, 0.2) is 0 Å². The summed E-state index contributed by atoms with van der Waals surface area (Å²) >= 11 is 0. The van der Waals surface area contributed by atoms with E-state index in [0.717, 1.165) is 23.3 Å². The van der Waals surface area contributed by atoms with Gasteiger partial charge in [-0.05, 0) is 92.5 Å². The van der Waals surface area contributed by atoms with E-state index in [1.54, 1.807) is 12.1 Å². The average molecular weight is 353 g/mol. The topological polar surface area (TPSA) is 0 Å². The van der Waals surface area contributed by atoms with E-state index in [1.807, 2.05) is 6.08 Å². The van der Waals surface area contributed by atoms with Crippen LogP contribution in [0.15, 0.2) is 36.4 Å². The summed E-state index contributed by atoms with van der Waals surface area (Å²) in [5.74, 6) is 9.69. The fraction of sp³-hybridized carbons (Fsp3) is 0.600. The molecule has 0 nitrogen and oxygen atoms in total. The maximum atomic E-state index is 12.9. The summed E-state index contributed by atoms with van der Waals surface area (Å²) in [6.07, 6.45) is 18.5. The molecule has 1 aromatic rings. The van der Waals surface area contributed by atoms with E-state index in [2.05, 4.69) is 24.8 Å². The minimum atomic E-state index is -0.207. The summed E-state index contributed by atoms with van der Waals surface area (Å²) in [6.45, 7) is 2.32. The molecule has 2 saturated carbocycles. The Labute approximate surface area is 159 Å². The van der Waals surface area contributed by atoms with Crippen molar-refractivity contribution >= 4 is 0 Å². The third-order valence-electron chi connectivity index (χ3n) is 6.58. The molecule has 0 saturated heterocycles. The molecule has 0 bridgehead atoms. The zero-order valence-corrected chi connectivity index (χ0v) is 16.2. The van der Waals surface area contributed by atoms with Gasteiger partial charge in [-0.1, -0.05) is 50.5 Å². The standard InChI is InChI=1S/C25H33F/c1-2-5-20-8-14-23(15-9-20)24-16-10-21(11-17-24)6-3-4-7-22-12-18-25(26)19-13-22/h3,6,12-13,18-21,23-24H,2,5,8-11,14-17H2,1H3/b6-3+/t20-,21?,23-,24?. The first-order valence-corrected chi connectivity index (χ1v) is 10.7. The lowest BCUT2D eigenvalue weighted by Crippen LogP contribution is -2.25. The Balaban J connectivity index is 1.39. The first kappa shape index (κ1) is 19.2. The predicted molar refractivity (Wildman–Crippen MR) is 108 cm³/mol. The third-order valence-corrected chi connectivity index (χ3v) is 6.58. The van der Waals surface area contributed by atoms with Crippen LogP contribution < -0.4 is 0 Å². The molecule has 0 amide bonds. The van der Waals surface area contributed by atoms with Crippen LogP contribution in [-0.2, 0) is 0 Å². The molecule has 0 spiro atoms. The van der Waals surface area contributed by atoms with Crippen LogP contribution in [-0.4, -0.2) is 0 Å². The zero-order chi connectivity index (χ0) is 18.2. The maximum absolute atomic E-state index is 12.9. The van der Waals surface area contributed by atoms with Gasteiger partial charge in [0.1, 0.15) is 5.82 Å². The van der Waals surface area contributed by atoms with E-state index >= 15 is 0 Å². The number of benzene rings is 1. The summed E-state index contributed by atoms with van der Waals surface area (Å²) in [7, 11) is 0. The van der Waals surface area contributed by atoms with E-state index in [9.17, 15) is 4.39 Å². The fourth-order valence-corrected chi connectivity index (χ4v) is 5.01. The third kappa shape index (κ3) is 5.73. The lowest BCUT2D eigenvalue weighted by atomic mass is 9.69. The van der Waals surface area contributed by atoms with E-state index < -0.39 is 0 Å². The largest absolute Gasteiger partial charge is 0.207 e. The minimum absolute atomic E-state index is 0.207. The molecule has 0 unspecified atom stereocenters. The number of hydrogen-bond donors (Lipinski definition) is 0. The molecule has 3 rings (SSSR count). The smallest absolute Gasteiger partial charge is 0.123 e. The van der Waals surface area contributed by atoms with Crippen LogP contribution in [0.2, 0.25) is 0 Å². The minimum Gasteiger partial charge on any atom is -0.207 e. The van der Waals surface area contributed by atoms with Crippen molar-refractivity contribution in [3.05, 3.63) is 47.8 Å². The van der Waals surface area contributed by atoms with Crippen LogP contribution in [0.4, 0.5) is 4.39 Å². The quantitative estimate of drug-likeness (QED) is 0.505. The van der Waals surface area contributed by atoms with Crippen LogP contribution >= 0.6 is 0 Å². The van der Waals surface area contributed by atoms with Crippen LogP contribution in [0.1, 0.15) is 76.7 Å². The molecule has 2 aliphatic rings. The molecular weight excluding hydrogens is 319 g/mol. The highest BCUT2D eigenvalue weighted by Gasteiger charge is 2.29. The Kier molecular flexibility index (Phi) is 7.36. The SMILES string of the molecule is CCC[C@H]1CC[C@H](C2CCC(/C=C/C#Cc3ccc(F)cc3)CC2)CC1. The normalized spacial score (nSPS) is 29.3. The molecule has 140 valence electrons. The molecule has 26 heavy (non-hydrogen) atoms. The molecule has 0 heterocycles. The second kappa shape index (κ2) is 9.96. The van der Waals surface area contributed by atoms with E-state index in [-0.39, 0.29) is 5.82 Å². The van der Waals surface area contributed by atoms with Crippen LogP contribution in [0.25, 0.3) is 0 Å². The molecular formula is C25H33F. The van der Waals surface area contributed by atoms with Crippen molar-refractivity contribution in [2.75, 3.05) is 0 Å². The Morgan fingerprint density at radius 1 is 0.923 bits per heavy atom. The van der Waals surface area contributed by atoms with Gasteiger partial charge in [0.2, 0.25) is 0 Å². The van der Waals surface area contributed by atoms with Gasteiger partial charge < -0.3 is 0 Å². The Bertz CT molecular complexity index is 614. The molecule has 1 aromatic carbocycles.